The molecule has 1 aliphatic rings. The number of likely N-dealkylation sites (tertiary alicyclic amines) is 1. The maximum absolute atomic E-state index is 13.0. The minimum Gasteiger partial charge on any atom is -0.391 e. The van der Waals surface area contributed by atoms with Crippen molar-refractivity contribution < 1.29 is 9.90 Å². The molecule has 1 N–H and O–H groups in total. The second-order valence-corrected chi connectivity index (χ2v) is 7.46. The molecule has 27 heavy (non-hydrogen) atoms. The summed E-state index contributed by atoms with van der Waals surface area (Å²) in [6.07, 6.45) is 7.90. The van der Waals surface area contributed by atoms with Gasteiger partial charge in [-0.05, 0) is 44.9 Å². The average Bonchev–Trinajstić information content (AvgIpc) is 3.29. The first-order valence-electron chi connectivity index (χ1n) is 9.46. The zero-order chi connectivity index (χ0) is 19.0. The number of aliphatic hydroxyl groups excluding tert-OH is 1. The molecule has 3 heterocycles. The Morgan fingerprint density at radius 3 is 2.78 bits per heavy atom. The number of imidazole rings is 2. The number of hydrogen-bond acceptors (Lipinski definition) is 4. The Hall–Kier alpha value is -2.67. The molecule has 142 valence electrons. The van der Waals surface area contributed by atoms with Gasteiger partial charge < -0.3 is 19.1 Å². The van der Waals surface area contributed by atoms with Crippen molar-refractivity contribution in [3.8, 4) is 0 Å². The Labute approximate surface area is 158 Å². The highest BCUT2D eigenvalue weighted by atomic mass is 16.3. The predicted octanol–water partition coefficient (Wildman–Crippen LogP) is 2.65. The molecule has 0 saturated carbocycles. The number of nitrogens with zero attached hydrogens (tertiary/aromatic N) is 5. The summed E-state index contributed by atoms with van der Waals surface area (Å²) in [7, 11) is 0. The molecule has 1 amide bonds. The van der Waals surface area contributed by atoms with Gasteiger partial charge in [0.25, 0.3) is 5.91 Å². The molecule has 0 bridgehead atoms. The van der Waals surface area contributed by atoms with Crippen LogP contribution in [0, 0.1) is 0 Å². The lowest BCUT2D eigenvalue weighted by molar-refractivity contribution is 0.0751. The van der Waals surface area contributed by atoms with Crippen LogP contribution in [0.5, 0.6) is 0 Å². The lowest BCUT2D eigenvalue weighted by Crippen LogP contribution is -2.32. The number of rotatable bonds is 3. The molecule has 3 aromatic rings. The van der Waals surface area contributed by atoms with Gasteiger partial charge in [-0.1, -0.05) is 0 Å². The fourth-order valence-corrected chi connectivity index (χ4v) is 3.85. The highest BCUT2D eigenvalue weighted by molar-refractivity contribution is 5.97. The van der Waals surface area contributed by atoms with Gasteiger partial charge in [0.05, 0.1) is 35.8 Å². The summed E-state index contributed by atoms with van der Waals surface area (Å²) in [5, 5.41) is 10.5. The second kappa shape index (κ2) is 7.15. The molecular weight excluding hydrogens is 342 g/mol. The van der Waals surface area contributed by atoms with E-state index in [0.717, 1.165) is 11.0 Å². The second-order valence-electron chi connectivity index (χ2n) is 7.46. The van der Waals surface area contributed by atoms with E-state index in [1.54, 1.807) is 12.5 Å². The third kappa shape index (κ3) is 3.35. The van der Waals surface area contributed by atoms with Crippen LogP contribution in [0.3, 0.4) is 0 Å². The summed E-state index contributed by atoms with van der Waals surface area (Å²) in [6.45, 7) is 5.37. The van der Waals surface area contributed by atoms with Crippen LogP contribution in [0.2, 0.25) is 0 Å². The van der Waals surface area contributed by atoms with Crippen molar-refractivity contribution in [2.45, 2.75) is 44.9 Å². The van der Waals surface area contributed by atoms with Crippen LogP contribution < -0.4 is 0 Å². The molecule has 0 radical (unpaired) electrons. The molecule has 0 spiro atoms. The third-order valence-corrected chi connectivity index (χ3v) is 5.41. The molecule has 1 fully saturated rings. The molecular formula is C20H25N5O2. The molecule has 1 aliphatic heterocycles. The number of fused-ring (bicyclic) bond motifs is 1. The fraction of sp³-hybridized carbons (Fsp3) is 0.450. The van der Waals surface area contributed by atoms with Gasteiger partial charge in [-0.3, -0.25) is 4.79 Å². The summed E-state index contributed by atoms with van der Waals surface area (Å²) in [6, 6.07) is 5.99. The molecule has 2 aromatic heterocycles. The summed E-state index contributed by atoms with van der Waals surface area (Å²) in [5.41, 5.74) is 2.51. The smallest absolute Gasteiger partial charge is 0.253 e. The van der Waals surface area contributed by atoms with Gasteiger partial charge in [-0.2, -0.15) is 0 Å². The Kier molecular flexibility index (Phi) is 4.70. The van der Waals surface area contributed by atoms with E-state index in [4.69, 9.17) is 0 Å². The summed E-state index contributed by atoms with van der Waals surface area (Å²) < 4.78 is 4.03. The highest BCUT2D eigenvalue weighted by Crippen LogP contribution is 2.25. The summed E-state index contributed by atoms with van der Waals surface area (Å²) in [5.74, 6) is -0.00511. The lowest BCUT2D eigenvalue weighted by atomic mass is 10.1. The van der Waals surface area contributed by atoms with E-state index in [2.05, 4.69) is 28.4 Å². The van der Waals surface area contributed by atoms with Crippen LogP contribution >= 0.6 is 0 Å². The molecule has 7 heteroatoms. The van der Waals surface area contributed by atoms with Gasteiger partial charge in [0.15, 0.2) is 0 Å². The largest absolute Gasteiger partial charge is 0.391 e. The molecule has 4 rings (SSSR count). The summed E-state index contributed by atoms with van der Waals surface area (Å²) >= 11 is 0. The first-order chi connectivity index (χ1) is 13.0. The molecule has 0 aliphatic carbocycles. The van der Waals surface area contributed by atoms with Gasteiger partial charge in [0, 0.05) is 37.1 Å². The Morgan fingerprint density at radius 1 is 1.22 bits per heavy atom. The van der Waals surface area contributed by atoms with Crippen LogP contribution in [0.25, 0.3) is 11.0 Å². The predicted molar refractivity (Wildman–Crippen MR) is 103 cm³/mol. The monoisotopic (exact) mass is 367 g/mol. The van der Waals surface area contributed by atoms with E-state index >= 15 is 0 Å². The van der Waals surface area contributed by atoms with E-state index < -0.39 is 6.10 Å². The summed E-state index contributed by atoms with van der Waals surface area (Å²) in [4.78, 5) is 23.4. The van der Waals surface area contributed by atoms with Gasteiger partial charge in [-0.25, -0.2) is 9.97 Å². The van der Waals surface area contributed by atoms with Crippen molar-refractivity contribution in [2.75, 3.05) is 13.1 Å². The van der Waals surface area contributed by atoms with E-state index in [0.29, 0.717) is 37.5 Å². The Morgan fingerprint density at radius 2 is 2.04 bits per heavy atom. The minimum absolute atomic E-state index is 0.00511. The van der Waals surface area contributed by atoms with Gasteiger partial charge in [0.1, 0.15) is 0 Å². The molecule has 0 unspecified atom stereocenters. The average molecular weight is 367 g/mol. The Balaban J connectivity index is 1.53. The van der Waals surface area contributed by atoms with Gasteiger partial charge in [-0.15, -0.1) is 0 Å². The fourth-order valence-electron chi connectivity index (χ4n) is 3.85. The zero-order valence-electron chi connectivity index (χ0n) is 15.7. The van der Waals surface area contributed by atoms with E-state index in [1.165, 1.54) is 0 Å². The van der Waals surface area contributed by atoms with Crippen LogP contribution in [-0.4, -0.2) is 54.2 Å². The normalized spacial score (nSPS) is 21.0. The molecule has 1 saturated heterocycles. The van der Waals surface area contributed by atoms with Crippen molar-refractivity contribution in [3.63, 3.8) is 0 Å². The quantitative estimate of drug-likeness (QED) is 0.772. The van der Waals surface area contributed by atoms with Crippen molar-refractivity contribution >= 4 is 16.9 Å². The van der Waals surface area contributed by atoms with Crippen molar-refractivity contribution in [3.05, 3.63) is 48.8 Å². The number of hydrogen-bond donors (Lipinski definition) is 1. The van der Waals surface area contributed by atoms with Crippen molar-refractivity contribution in [1.82, 2.24) is 24.0 Å². The maximum atomic E-state index is 13.0. The Bertz CT molecular complexity index is 931. The van der Waals surface area contributed by atoms with Gasteiger partial charge in [0.2, 0.25) is 0 Å². The first kappa shape index (κ1) is 17.7. The lowest BCUT2D eigenvalue weighted by Gasteiger charge is -2.21. The standard InChI is InChI=1S/C20H25N5O2/c1-14(2)25-13-22-16-11-15(3-4-17(16)25)20(27)23-8-5-18(19(26)6-9-23)24-10-7-21-12-24/h3-4,7,10-14,18-19,26H,5-6,8-9H2,1-2H3/t18-,19-/m0/s1. The number of aromatic nitrogens is 4. The van der Waals surface area contributed by atoms with E-state index in [1.807, 2.05) is 40.2 Å². The minimum atomic E-state index is -0.485. The molecule has 2 atom stereocenters. The van der Waals surface area contributed by atoms with Crippen LogP contribution in [0.4, 0.5) is 0 Å². The maximum Gasteiger partial charge on any atom is 0.253 e. The van der Waals surface area contributed by atoms with Crippen LogP contribution in [0.15, 0.2) is 43.2 Å². The topological polar surface area (TPSA) is 76.2 Å². The van der Waals surface area contributed by atoms with Crippen LogP contribution in [-0.2, 0) is 0 Å². The van der Waals surface area contributed by atoms with Gasteiger partial charge >= 0.3 is 0 Å². The van der Waals surface area contributed by atoms with E-state index in [-0.39, 0.29) is 11.9 Å². The highest BCUT2D eigenvalue weighted by Gasteiger charge is 2.28. The number of carbonyl (C=O) groups excluding carboxylic acids is 1. The molecule has 1 aromatic carbocycles. The van der Waals surface area contributed by atoms with Crippen molar-refractivity contribution in [2.24, 2.45) is 0 Å². The number of amides is 1. The van der Waals surface area contributed by atoms with E-state index in [9.17, 15) is 9.90 Å². The van der Waals surface area contributed by atoms with Crippen LogP contribution in [0.1, 0.15) is 49.1 Å². The van der Waals surface area contributed by atoms with Crippen molar-refractivity contribution in [1.29, 1.82) is 0 Å². The number of benzene rings is 1. The zero-order valence-corrected chi connectivity index (χ0v) is 15.7. The first-order valence-corrected chi connectivity index (χ1v) is 9.46. The number of aliphatic hydroxyl groups is 1. The molecule has 7 nitrogen and oxygen atoms in total. The third-order valence-electron chi connectivity index (χ3n) is 5.41. The SMILES string of the molecule is CC(C)n1cnc2cc(C(=O)N3CC[C@H](O)[C@@H](n4ccnc4)CC3)ccc21. The number of carbonyl (C=O) groups is 1.